The highest BCUT2D eigenvalue weighted by atomic mass is 19.1. The van der Waals surface area contributed by atoms with Crippen LogP contribution in [0.25, 0.3) is 16.7 Å². The van der Waals surface area contributed by atoms with Gasteiger partial charge in [0.15, 0.2) is 5.65 Å². The maximum absolute atomic E-state index is 13.1. The van der Waals surface area contributed by atoms with Crippen molar-refractivity contribution in [2.75, 3.05) is 20.2 Å². The van der Waals surface area contributed by atoms with E-state index in [1.165, 1.54) is 41.4 Å². The molecule has 1 saturated heterocycles. The maximum atomic E-state index is 13.1. The number of ether oxygens (including phenoxy) is 1. The van der Waals surface area contributed by atoms with Crippen LogP contribution in [0, 0.1) is 5.82 Å². The summed E-state index contributed by atoms with van der Waals surface area (Å²) < 4.78 is 21.3. The number of methoxy groups -OCH3 is 1. The summed E-state index contributed by atoms with van der Waals surface area (Å²) in [6.07, 6.45) is 3.49. The molecule has 0 bridgehead atoms. The van der Waals surface area contributed by atoms with E-state index >= 15 is 0 Å². The van der Waals surface area contributed by atoms with Gasteiger partial charge in [0.1, 0.15) is 23.3 Å². The summed E-state index contributed by atoms with van der Waals surface area (Å²) in [5, 5.41) is 15.8. The molecule has 0 radical (unpaired) electrons. The first kappa shape index (κ1) is 22.7. The van der Waals surface area contributed by atoms with Crippen LogP contribution in [-0.2, 0) is 6.54 Å². The van der Waals surface area contributed by atoms with Gasteiger partial charge in [0.25, 0.3) is 11.5 Å². The summed E-state index contributed by atoms with van der Waals surface area (Å²) in [6.45, 7) is 0.708. The van der Waals surface area contributed by atoms with Gasteiger partial charge in [0.05, 0.1) is 31.1 Å². The summed E-state index contributed by atoms with van der Waals surface area (Å²) in [6, 6.07) is 12.6. The van der Waals surface area contributed by atoms with E-state index in [1.54, 1.807) is 28.8 Å². The van der Waals surface area contributed by atoms with Gasteiger partial charge in [-0.3, -0.25) is 14.2 Å². The highest BCUT2D eigenvalue weighted by Gasteiger charge is 2.35. The number of piperidine rings is 1. The van der Waals surface area contributed by atoms with E-state index in [0.29, 0.717) is 48.3 Å². The number of likely N-dealkylation sites (tertiary alicyclic amines) is 1. The van der Waals surface area contributed by atoms with Crippen LogP contribution < -0.4 is 10.3 Å². The van der Waals surface area contributed by atoms with Gasteiger partial charge >= 0.3 is 0 Å². The van der Waals surface area contributed by atoms with Crippen molar-refractivity contribution in [3.05, 3.63) is 82.8 Å². The van der Waals surface area contributed by atoms with Gasteiger partial charge in [-0.05, 0) is 61.4 Å². The van der Waals surface area contributed by atoms with Gasteiger partial charge in [0, 0.05) is 18.7 Å². The molecule has 0 aliphatic carbocycles. The van der Waals surface area contributed by atoms with E-state index in [4.69, 9.17) is 4.74 Å². The Morgan fingerprint density at radius 3 is 2.46 bits per heavy atom. The molecule has 0 unspecified atom stereocenters. The lowest BCUT2D eigenvalue weighted by Gasteiger charge is -2.38. The van der Waals surface area contributed by atoms with Crippen molar-refractivity contribution in [1.82, 2.24) is 24.2 Å². The summed E-state index contributed by atoms with van der Waals surface area (Å²) in [7, 11) is 1.59. The maximum Gasteiger partial charge on any atom is 0.264 e. The third-order valence-corrected chi connectivity index (χ3v) is 6.41. The first-order valence-electron chi connectivity index (χ1n) is 11.2. The largest absolute Gasteiger partial charge is 0.497 e. The van der Waals surface area contributed by atoms with Gasteiger partial charge in [-0.1, -0.05) is 0 Å². The molecular weight excluding hydrogens is 453 g/mol. The minimum absolute atomic E-state index is 0.0566. The average molecular weight is 477 g/mol. The number of benzene rings is 2. The molecule has 9 nitrogen and oxygen atoms in total. The van der Waals surface area contributed by atoms with Crippen LogP contribution in [0.5, 0.6) is 5.75 Å². The van der Waals surface area contributed by atoms with Crippen LogP contribution in [0.3, 0.4) is 0 Å². The Balaban J connectivity index is 1.31. The molecule has 0 atom stereocenters. The molecule has 1 amide bonds. The lowest BCUT2D eigenvalue weighted by atomic mass is 9.91. The third kappa shape index (κ3) is 4.40. The van der Waals surface area contributed by atoms with E-state index in [1.807, 2.05) is 12.1 Å². The van der Waals surface area contributed by atoms with Gasteiger partial charge in [-0.25, -0.2) is 14.1 Å². The van der Waals surface area contributed by atoms with Crippen molar-refractivity contribution < 1.29 is 19.0 Å². The Hall–Kier alpha value is -4.05. The second-order valence-electron chi connectivity index (χ2n) is 8.69. The molecule has 35 heavy (non-hydrogen) atoms. The number of carbonyl (C=O) groups is 1. The fraction of sp³-hybridized carbons (Fsp3) is 0.280. The van der Waals surface area contributed by atoms with Crippen molar-refractivity contribution in [3.8, 4) is 11.4 Å². The standard InChI is InChI=1S/C25H24FN5O4/c1-35-20-8-6-19(7-9-20)31-22-21(14-28-31)24(33)30(16-27-22)15-25(34)10-12-29(13-11-25)23(32)17-2-4-18(26)5-3-17/h2-9,14,16,34H,10-13,15H2,1H3. The number of carbonyl (C=O) groups excluding carboxylic acids is 1. The SMILES string of the molecule is COc1ccc(-n2ncc3c(=O)n(CC4(O)CCN(C(=O)c5ccc(F)cc5)CC4)cnc32)cc1. The number of nitrogens with zero attached hydrogens (tertiary/aromatic N) is 5. The van der Waals surface area contributed by atoms with E-state index in [2.05, 4.69) is 10.1 Å². The molecule has 3 heterocycles. The highest BCUT2D eigenvalue weighted by Crippen LogP contribution is 2.25. The molecule has 4 aromatic rings. The molecule has 10 heteroatoms. The second-order valence-corrected chi connectivity index (χ2v) is 8.69. The quantitative estimate of drug-likeness (QED) is 0.474. The second kappa shape index (κ2) is 8.95. The van der Waals surface area contributed by atoms with Crippen LogP contribution in [0.4, 0.5) is 4.39 Å². The molecule has 5 rings (SSSR count). The van der Waals surface area contributed by atoms with E-state index in [-0.39, 0.29) is 18.0 Å². The first-order chi connectivity index (χ1) is 16.9. The Bertz CT molecular complexity index is 1420. The van der Waals surface area contributed by atoms with Crippen molar-refractivity contribution in [2.45, 2.75) is 25.0 Å². The van der Waals surface area contributed by atoms with Crippen LogP contribution in [0.1, 0.15) is 23.2 Å². The van der Waals surface area contributed by atoms with Crippen LogP contribution >= 0.6 is 0 Å². The molecule has 180 valence electrons. The molecular formula is C25H24FN5O4. The highest BCUT2D eigenvalue weighted by molar-refractivity contribution is 5.94. The van der Waals surface area contributed by atoms with E-state index in [9.17, 15) is 19.1 Å². The molecule has 0 saturated carbocycles. The number of hydrogen-bond donors (Lipinski definition) is 1. The lowest BCUT2D eigenvalue weighted by Crippen LogP contribution is -2.49. The average Bonchev–Trinajstić information content (AvgIpc) is 3.31. The fourth-order valence-electron chi connectivity index (χ4n) is 4.35. The van der Waals surface area contributed by atoms with Crippen LogP contribution in [0.15, 0.2) is 65.8 Å². The Morgan fingerprint density at radius 1 is 1.11 bits per heavy atom. The monoisotopic (exact) mass is 477 g/mol. The number of fused-ring (bicyclic) bond motifs is 1. The normalized spacial score (nSPS) is 15.3. The Kier molecular flexibility index (Phi) is 5.81. The summed E-state index contributed by atoms with van der Waals surface area (Å²) in [4.78, 5) is 31.9. The fourth-order valence-corrected chi connectivity index (χ4v) is 4.35. The molecule has 2 aromatic heterocycles. The minimum atomic E-state index is -1.16. The van der Waals surface area contributed by atoms with Crippen molar-refractivity contribution in [3.63, 3.8) is 0 Å². The van der Waals surface area contributed by atoms with Gasteiger partial charge in [-0.2, -0.15) is 5.10 Å². The predicted octanol–water partition coefficient (Wildman–Crippen LogP) is 2.40. The number of hydrogen-bond acceptors (Lipinski definition) is 6. The van der Waals surface area contributed by atoms with Crippen molar-refractivity contribution in [2.24, 2.45) is 0 Å². The molecule has 2 aromatic carbocycles. The number of rotatable bonds is 5. The third-order valence-electron chi connectivity index (χ3n) is 6.41. The Labute approximate surface area is 200 Å². The molecule has 1 aliphatic rings. The zero-order valence-electron chi connectivity index (χ0n) is 19.1. The predicted molar refractivity (Wildman–Crippen MR) is 126 cm³/mol. The zero-order chi connectivity index (χ0) is 24.6. The summed E-state index contributed by atoms with van der Waals surface area (Å²) in [5.74, 6) is 0.0950. The number of amides is 1. The molecule has 1 aliphatic heterocycles. The Morgan fingerprint density at radius 2 is 1.80 bits per heavy atom. The zero-order valence-corrected chi connectivity index (χ0v) is 19.1. The van der Waals surface area contributed by atoms with Gasteiger partial charge in [-0.15, -0.1) is 0 Å². The van der Waals surface area contributed by atoms with Gasteiger partial charge in [0.2, 0.25) is 0 Å². The molecule has 0 spiro atoms. The topological polar surface area (TPSA) is 102 Å². The summed E-state index contributed by atoms with van der Waals surface area (Å²) >= 11 is 0. The van der Waals surface area contributed by atoms with E-state index in [0.717, 1.165) is 5.69 Å². The number of halogens is 1. The van der Waals surface area contributed by atoms with Gasteiger partial charge < -0.3 is 14.7 Å². The molecule has 1 N–H and O–H groups in total. The number of aromatic nitrogens is 4. The first-order valence-corrected chi connectivity index (χ1v) is 11.2. The summed E-state index contributed by atoms with van der Waals surface area (Å²) in [5.41, 5.74) is 0.0973. The van der Waals surface area contributed by atoms with Crippen LogP contribution in [0.2, 0.25) is 0 Å². The molecule has 1 fully saturated rings. The lowest BCUT2D eigenvalue weighted by molar-refractivity contribution is -0.0299. The smallest absolute Gasteiger partial charge is 0.264 e. The van der Waals surface area contributed by atoms with E-state index < -0.39 is 11.4 Å². The van der Waals surface area contributed by atoms with Crippen molar-refractivity contribution >= 4 is 16.9 Å². The number of aliphatic hydroxyl groups is 1. The minimum Gasteiger partial charge on any atom is -0.497 e. The van der Waals surface area contributed by atoms with Crippen molar-refractivity contribution in [1.29, 1.82) is 0 Å². The van der Waals surface area contributed by atoms with Crippen LogP contribution in [-0.4, -0.2) is 61.0 Å².